The molecule has 3 heteroatoms. The van der Waals surface area contributed by atoms with Crippen LogP contribution < -0.4 is 5.32 Å². The third-order valence-electron chi connectivity index (χ3n) is 2.98. The van der Waals surface area contributed by atoms with Gasteiger partial charge in [0.15, 0.2) is 0 Å². The number of anilines is 1. The average Bonchev–Trinajstić information content (AvgIpc) is 2.32. The average molecular weight is 284 g/mol. The molecule has 0 aromatic heterocycles. The molecule has 2 rings (SSSR count). The van der Waals surface area contributed by atoms with Gasteiger partial charge in [-0.1, -0.05) is 22.0 Å². The standard InChI is InChI=1S/C13H18BrNO/c1-10-5-6-11(8-13(10)14)15-9-12-4-2-3-7-16-12/h5-6,8,12,15H,2-4,7,9H2,1H3. The minimum Gasteiger partial charge on any atom is -0.382 e. The molecule has 1 aliphatic heterocycles. The molecule has 1 atom stereocenters. The van der Waals surface area contributed by atoms with Crippen LogP contribution in [0.4, 0.5) is 5.69 Å². The lowest BCUT2D eigenvalue weighted by atomic mass is 10.1. The van der Waals surface area contributed by atoms with E-state index in [1.165, 1.54) is 24.8 Å². The summed E-state index contributed by atoms with van der Waals surface area (Å²) in [6, 6.07) is 6.36. The zero-order chi connectivity index (χ0) is 11.4. The maximum Gasteiger partial charge on any atom is 0.0747 e. The Hall–Kier alpha value is -0.540. The van der Waals surface area contributed by atoms with E-state index in [0.717, 1.165) is 23.3 Å². The highest BCUT2D eigenvalue weighted by Gasteiger charge is 2.13. The highest BCUT2D eigenvalue weighted by molar-refractivity contribution is 9.10. The molecule has 2 nitrogen and oxygen atoms in total. The number of rotatable bonds is 3. The smallest absolute Gasteiger partial charge is 0.0747 e. The fourth-order valence-electron chi connectivity index (χ4n) is 1.90. The van der Waals surface area contributed by atoms with Crippen molar-refractivity contribution in [2.45, 2.75) is 32.3 Å². The van der Waals surface area contributed by atoms with Crippen molar-refractivity contribution in [1.82, 2.24) is 0 Å². The molecule has 1 aromatic rings. The molecule has 1 N–H and O–H groups in total. The second-order valence-corrected chi connectivity index (χ2v) is 5.19. The molecule has 1 saturated heterocycles. The molecule has 1 aliphatic rings. The zero-order valence-electron chi connectivity index (χ0n) is 9.63. The van der Waals surface area contributed by atoms with E-state index >= 15 is 0 Å². The van der Waals surface area contributed by atoms with Crippen LogP contribution in [0.1, 0.15) is 24.8 Å². The molecule has 0 radical (unpaired) electrons. The Morgan fingerprint density at radius 2 is 2.31 bits per heavy atom. The Balaban J connectivity index is 1.86. The Kier molecular flexibility index (Phi) is 4.24. The van der Waals surface area contributed by atoms with Gasteiger partial charge in [-0.25, -0.2) is 0 Å². The maximum atomic E-state index is 5.68. The first-order valence-electron chi connectivity index (χ1n) is 5.87. The van der Waals surface area contributed by atoms with Gasteiger partial charge in [0.2, 0.25) is 0 Å². The summed E-state index contributed by atoms with van der Waals surface area (Å²) >= 11 is 3.54. The second kappa shape index (κ2) is 5.69. The lowest BCUT2D eigenvalue weighted by molar-refractivity contribution is 0.0247. The van der Waals surface area contributed by atoms with Crippen molar-refractivity contribution < 1.29 is 4.74 Å². The van der Waals surface area contributed by atoms with Crippen molar-refractivity contribution >= 4 is 21.6 Å². The molecule has 0 bridgehead atoms. The normalized spacial score (nSPS) is 20.8. The summed E-state index contributed by atoms with van der Waals surface area (Å²) in [4.78, 5) is 0. The van der Waals surface area contributed by atoms with E-state index in [9.17, 15) is 0 Å². The van der Waals surface area contributed by atoms with E-state index in [2.05, 4.69) is 46.4 Å². The van der Waals surface area contributed by atoms with Crippen LogP contribution in [0, 0.1) is 6.92 Å². The lowest BCUT2D eigenvalue weighted by Gasteiger charge is -2.23. The molecular weight excluding hydrogens is 266 g/mol. The van der Waals surface area contributed by atoms with E-state index in [4.69, 9.17) is 4.74 Å². The number of nitrogens with one attached hydrogen (secondary N) is 1. The minimum atomic E-state index is 0.383. The van der Waals surface area contributed by atoms with E-state index in [1.54, 1.807) is 0 Å². The fraction of sp³-hybridized carbons (Fsp3) is 0.538. The third-order valence-corrected chi connectivity index (χ3v) is 3.83. The molecule has 1 heterocycles. The van der Waals surface area contributed by atoms with Gasteiger partial charge >= 0.3 is 0 Å². The van der Waals surface area contributed by atoms with Gasteiger partial charge in [-0.05, 0) is 43.9 Å². The molecule has 1 unspecified atom stereocenters. The molecule has 0 aliphatic carbocycles. The predicted octanol–water partition coefficient (Wildman–Crippen LogP) is 3.74. The van der Waals surface area contributed by atoms with Gasteiger partial charge in [0.1, 0.15) is 0 Å². The quantitative estimate of drug-likeness (QED) is 0.913. The van der Waals surface area contributed by atoms with Crippen LogP contribution in [0.25, 0.3) is 0 Å². The Morgan fingerprint density at radius 3 is 3.00 bits per heavy atom. The Bertz CT molecular complexity index is 348. The monoisotopic (exact) mass is 283 g/mol. The Morgan fingerprint density at radius 1 is 1.44 bits per heavy atom. The summed E-state index contributed by atoms with van der Waals surface area (Å²) in [6.07, 6.45) is 4.07. The molecule has 1 fully saturated rings. The van der Waals surface area contributed by atoms with Crippen LogP contribution in [-0.2, 0) is 4.74 Å². The van der Waals surface area contributed by atoms with Crippen LogP contribution in [-0.4, -0.2) is 19.3 Å². The third kappa shape index (κ3) is 3.22. The molecule has 1 aromatic carbocycles. The van der Waals surface area contributed by atoms with Crippen molar-refractivity contribution in [2.75, 3.05) is 18.5 Å². The summed E-state index contributed by atoms with van der Waals surface area (Å²) < 4.78 is 6.83. The van der Waals surface area contributed by atoms with Crippen molar-refractivity contribution in [3.05, 3.63) is 28.2 Å². The molecule has 88 valence electrons. The second-order valence-electron chi connectivity index (χ2n) is 4.33. The Labute approximate surface area is 106 Å². The van der Waals surface area contributed by atoms with Crippen molar-refractivity contribution in [2.24, 2.45) is 0 Å². The number of halogens is 1. The summed E-state index contributed by atoms with van der Waals surface area (Å²) in [6.45, 7) is 3.93. The van der Waals surface area contributed by atoms with Crippen LogP contribution >= 0.6 is 15.9 Å². The zero-order valence-corrected chi connectivity index (χ0v) is 11.2. The van der Waals surface area contributed by atoms with Crippen LogP contribution in [0.15, 0.2) is 22.7 Å². The fourth-order valence-corrected chi connectivity index (χ4v) is 2.28. The van der Waals surface area contributed by atoms with Crippen molar-refractivity contribution in [3.63, 3.8) is 0 Å². The van der Waals surface area contributed by atoms with Gasteiger partial charge in [-0.15, -0.1) is 0 Å². The molecule has 0 spiro atoms. The minimum absolute atomic E-state index is 0.383. The van der Waals surface area contributed by atoms with Gasteiger partial charge in [0.05, 0.1) is 6.10 Å². The molecular formula is C13H18BrNO. The number of ether oxygens (including phenoxy) is 1. The number of aryl methyl sites for hydroxylation is 1. The van der Waals surface area contributed by atoms with Crippen LogP contribution in [0.5, 0.6) is 0 Å². The number of benzene rings is 1. The first-order chi connectivity index (χ1) is 7.75. The summed E-state index contributed by atoms with van der Waals surface area (Å²) in [7, 11) is 0. The SMILES string of the molecule is Cc1ccc(NCC2CCCCO2)cc1Br. The van der Waals surface area contributed by atoms with E-state index in [0.29, 0.717) is 6.10 Å². The van der Waals surface area contributed by atoms with Crippen LogP contribution in [0.2, 0.25) is 0 Å². The molecule has 16 heavy (non-hydrogen) atoms. The largest absolute Gasteiger partial charge is 0.382 e. The van der Waals surface area contributed by atoms with Crippen LogP contribution in [0.3, 0.4) is 0 Å². The van der Waals surface area contributed by atoms with Gasteiger partial charge in [0.25, 0.3) is 0 Å². The highest BCUT2D eigenvalue weighted by atomic mass is 79.9. The summed E-state index contributed by atoms with van der Waals surface area (Å²) in [5, 5.41) is 3.43. The maximum absolute atomic E-state index is 5.68. The highest BCUT2D eigenvalue weighted by Crippen LogP contribution is 2.21. The van der Waals surface area contributed by atoms with Gasteiger partial charge < -0.3 is 10.1 Å². The number of hydrogen-bond donors (Lipinski definition) is 1. The van der Waals surface area contributed by atoms with E-state index in [1.807, 2.05) is 0 Å². The first-order valence-corrected chi connectivity index (χ1v) is 6.66. The summed E-state index contributed by atoms with van der Waals surface area (Å²) in [5.74, 6) is 0. The van der Waals surface area contributed by atoms with E-state index in [-0.39, 0.29) is 0 Å². The van der Waals surface area contributed by atoms with Gasteiger partial charge in [-0.3, -0.25) is 0 Å². The van der Waals surface area contributed by atoms with E-state index < -0.39 is 0 Å². The van der Waals surface area contributed by atoms with Crippen molar-refractivity contribution in [3.8, 4) is 0 Å². The van der Waals surface area contributed by atoms with Gasteiger partial charge in [-0.2, -0.15) is 0 Å². The first kappa shape index (κ1) is 11.9. The van der Waals surface area contributed by atoms with Crippen molar-refractivity contribution in [1.29, 1.82) is 0 Å². The van der Waals surface area contributed by atoms with Gasteiger partial charge in [0, 0.05) is 23.3 Å². The summed E-state index contributed by atoms with van der Waals surface area (Å²) in [5.41, 5.74) is 2.42. The predicted molar refractivity (Wildman–Crippen MR) is 71.0 cm³/mol. The molecule has 0 amide bonds. The topological polar surface area (TPSA) is 21.3 Å². The lowest BCUT2D eigenvalue weighted by Crippen LogP contribution is -2.26. The number of hydrogen-bond acceptors (Lipinski definition) is 2. The molecule has 0 saturated carbocycles.